The van der Waals surface area contributed by atoms with Crippen molar-refractivity contribution in [2.45, 2.75) is 33.0 Å². The third-order valence-corrected chi connectivity index (χ3v) is 1.47. The van der Waals surface area contributed by atoms with Crippen LogP contribution in [0.1, 0.15) is 20.8 Å². The summed E-state index contributed by atoms with van der Waals surface area (Å²) in [5, 5.41) is 2.30. The third kappa shape index (κ3) is 5.37. The Morgan fingerprint density at radius 3 is 2.44 bits per heavy atom. The van der Waals surface area contributed by atoms with Crippen LogP contribution in [0.15, 0.2) is 12.4 Å². The van der Waals surface area contributed by atoms with Gasteiger partial charge in [-0.05, 0) is 20.8 Å². The lowest BCUT2D eigenvalue weighted by atomic mass is 10.2. The van der Waals surface area contributed by atoms with E-state index in [1.165, 1.54) is 0 Å². The molecule has 0 saturated heterocycles. The molecule has 6 nitrogen and oxygen atoms in total. The summed E-state index contributed by atoms with van der Waals surface area (Å²) >= 11 is 0. The molecule has 0 atom stereocenters. The molecule has 0 saturated carbocycles. The van der Waals surface area contributed by atoms with Gasteiger partial charge in [-0.2, -0.15) is 8.78 Å². The SMILES string of the molecule is CC(C)(C)OC(=O)Nc1cnc(OC(F)F)cn1. The Morgan fingerprint density at radius 1 is 1.33 bits per heavy atom. The van der Waals surface area contributed by atoms with E-state index in [-0.39, 0.29) is 11.7 Å². The van der Waals surface area contributed by atoms with Gasteiger partial charge in [-0.1, -0.05) is 0 Å². The minimum Gasteiger partial charge on any atom is -0.444 e. The molecule has 0 bridgehead atoms. The van der Waals surface area contributed by atoms with E-state index in [4.69, 9.17) is 4.74 Å². The summed E-state index contributed by atoms with van der Waals surface area (Å²) in [7, 11) is 0. The lowest BCUT2D eigenvalue weighted by Crippen LogP contribution is -2.27. The lowest BCUT2D eigenvalue weighted by Gasteiger charge is -2.19. The molecule has 1 aromatic heterocycles. The molecule has 0 aliphatic carbocycles. The summed E-state index contributed by atoms with van der Waals surface area (Å²) < 4.78 is 32.6. The van der Waals surface area contributed by atoms with Crippen LogP contribution in [0, 0.1) is 0 Å². The van der Waals surface area contributed by atoms with Crippen molar-refractivity contribution in [2.24, 2.45) is 0 Å². The molecule has 0 aliphatic rings. The third-order valence-electron chi connectivity index (χ3n) is 1.47. The Balaban J connectivity index is 2.56. The molecule has 0 spiro atoms. The maximum atomic E-state index is 11.8. The molecule has 100 valence electrons. The summed E-state index contributed by atoms with van der Waals surface area (Å²) in [6.45, 7) is 2.15. The fourth-order valence-electron chi connectivity index (χ4n) is 0.941. The standard InChI is InChI=1S/C10H13F2N3O3/c1-10(2,3)18-9(16)15-6-4-14-7(5-13-6)17-8(11)12/h4-5,8H,1-3H3,(H,13,15,16). The maximum absolute atomic E-state index is 11.8. The second-order valence-corrected chi connectivity index (χ2v) is 4.25. The first kappa shape index (κ1) is 14.1. The first-order valence-corrected chi connectivity index (χ1v) is 5.03. The minimum atomic E-state index is -2.97. The number of carbonyl (C=O) groups excluding carboxylic acids is 1. The number of nitrogens with zero attached hydrogens (tertiary/aromatic N) is 2. The van der Waals surface area contributed by atoms with E-state index in [1.54, 1.807) is 20.8 Å². The fourth-order valence-corrected chi connectivity index (χ4v) is 0.941. The van der Waals surface area contributed by atoms with Gasteiger partial charge in [0.25, 0.3) is 0 Å². The molecule has 1 N–H and O–H groups in total. The molecular formula is C10H13F2N3O3. The van der Waals surface area contributed by atoms with E-state index in [2.05, 4.69) is 20.0 Å². The van der Waals surface area contributed by atoms with E-state index in [9.17, 15) is 13.6 Å². The average Bonchev–Trinajstić information content (AvgIpc) is 2.17. The van der Waals surface area contributed by atoms with Gasteiger partial charge in [-0.15, -0.1) is 0 Å². The molecule has 0 radical (unpaired) electrons. The minimum absolute atomic E-state index is 0.0749. The van der Waals surface area contributed by atoms with Crippen LogP contribution in [-0.4, -0.2) is 28.3 Å². The van der Waals surface area contributed by atoms with Gasteiger partial charge in [0.2, 0.25) is 5.88 Å². The molecule has 1 rings (SSSR count). The highest BCUT2D eigenvalue weighted by atomic mass is 19.3. The predicted octanol–water partition coefficient (Wildman–Crippen LogP) is 2.42. The summed E-state index contributed by atoms with van der Waals surface area (Å²) in [4.78, 5) is 18.5. The number of carbonyl (C=O) groups is 1. The summed E-state index contributed by atoms with van der Waals surface area (Å²) in [5.74, 6) is -0.259. The predicted molar refractivity (Wildman–Crippen MR) is 58.5 cm³/mol. The van der Waals surface area contributed by atoms with Crippen LogP contribution >= 0.6 is 0 Å². The Morgan fingerprint density at radius 2 is 2.00 bits per heavy atom. The molecule has 8 heteroatoms. The molecule has 18 heavy (non-hydrogen) atoms. The normalized spacial score (nSPS) is 11.2. The molecule has 0 aromatic carbocycles. The van der Waals surface area contributed by atoms with Crippen molar-refractivity contribution >= 4 is 11.9 Å². The summed E-state index contributed by atoms with van der Waals surface area (Å²) in [5.41, 5.74) is -0.643. The van der Waals surface area contributed by atoms with Gasteiger partial charge in [-0.25, -0.2) is 14.8 Å². The number of hydrogen-bond donors (Lipinski definition) is 1. The first-order valence-electron chi connectivity index (χ1n) is 5.03. The zero-order chi connectivity index (χ0) is 13.8. The van der Waals surface area contributed by atoms with Gasteiger partial charge >= 0.3 is 12.7 Å². The van der Waals surface area contributed by atoms with Crippen molar-refractivity contribution in [3.63, 3.8) is 0 Å². The van der Waals surface area contributed by atoms with E-state index in [1.807, 2.05) is 0 Å². The van der Waals surface area contributed by atoms with Gasteiger partial charge < -0.3 is 9.47 Å². The van der Waals surface area contributed by atoms with Crippen molar-refractivity contribution in [1.29, 1.82) is 0 Å². The van der Waals surface area contributed by atoms with Crippen LogP contribution in [0.2, 0.25) is 0 Å². The number of anilines is 1. The van der Waals surface area contributed by atoms with Crippen LogP contribution < -0.4 is 10.1 Å². The molecule has 1 heterocycles. The first-order chi connectivity index (χ1) is 8.26. The quantitative estimate of drug-likeness (QED) is 0.904. The van der Waals surface area contributed by atoms with E-state index in [0.717, 1.165) is 12.4 Å². The molecule has 0 unspecified atom stereocenters. The van der Waals surface area contributed by atoms with Gasteiger partial charge in [0.05, 0.1) is 12.4 Å². The average molecular weight is 261 g/mol. The number of rotatable bonds is 3. The molecular weight excluding hydrogens is 248 g/mol. The highest BCUT2D eigenvalue weighted by molar-refractivity contribution is 5.83. The van der Waals surface area contributed by atoms with Crippen molar-refractivity contribution in [1.82, 2.24) is 9.97 Å². The molecule has 0 aliphatic heterocycles. The molecule has 1 aromatic rings. The van der Waals surface area contributed by atoms with Crippen molar-refractivity contribution in [3.8, 4) is 5.88 Å². The van der Waals surface area contributed by atoms with Crippen LogP contribution in [0.25, 0.3) is 0 Å². The Bertz CT molecular complexity index is 404. The highest BCUT2D eigenvalue weighted by Gasteiger charge is 2.16. The number of nitrogens with one attached hydrogen (secondary N) is 1. The Hall–Kier alpha value is -1.99. The monoisotopic (exact) mass is 261 g/mol. The van der Waals surface area contributed by atoms with Crippen LogP contribution in [0.3, 0.4) is 0 Å². The van der Waals surface area contributed by atoms with Gasteiger partial charge in [0.1, 0.15) is 5.60 Å². The fraction of sp³-hybridized carbons (Fsp3) is 0.500. The topological polar surface area (TPSA) is 73.3 Å². The van der Waals surface area contributed by atoms with Crippen molar-refractivity contribution in [3.05, 3.63) is 12.4 Å². The van der Waals surface area contributed by atoms with Crippen LogP contribution in [0.5, 0.6) is 5.88 Å². The molecule has 0 fully saturated rings. The largest absolute Gasteiger partial charge is 0.444 e. The Labute approximate surface area is 102 Å². The number of amides is 1. The van der Waals surface area contributed by atoms with Crippen molar-refractivity contribution in [2.75, 3.05) is 5.32 Å². The second kappa shape index (κ2) is 5.56. The number of aromatic nitrogens is 2. The highest BCUT2D eigenvalue weighted by Crippen LogP contribution is 2.12. The van der Waals surface area contributed by atoms with E-state index >= 15 is 0 Å². The van der Waals surface area contributed by atoms with Crippen LogP contribution in [-0.2, 0) is 4.74 Å². The number of halogens is 2. The lowest BCUT2D eigenvalue weighted by molar-refractivity contribution is -0.0531. The smallest absolute Gasteiger partial charge is 0.413 e. The van der Waals surface area contributed by atoms with E-state index in [0.29, 0.717) is 0 Å². The zero-order valence-electron chi connectivity index (χ0n) is 10.1. The summed E-state index contributed by atoms with van der Waals surface area (Å²) in [6.07, 6.45) is 1.35. The van der Waals surface area contributed by atoms with Gasteiger partial charge in [0.15, 0.2) is 5.82 Å². The number of alkyl halides is 2. The second-order valence-electron chi connectivity index (χ2n) is 4.25. The van der Waals surface area contributed by atoms with Crippen LogP contribution in [0.4, 0.5) is 19.4 Å². The zero-order valence-corrected chi connectivity index (χ0v) is 10.1. The van der Waals surface area contributed by atoms with E-state index < -0.39 is 18.3 Å². The number of hydrogen-bond acceptors (Lipinski definition) is 5. The Kier molecular flexibility index (Phi) is 4.35. The summed E-state index contributed by atoms with van der Waals surface area (Å²) in [6, 6.07) is 0. The van der Waals surface area contributed by atoms with Crippen molar-refractivity contribution < 1.29 is 23.0 Å². The number of ether oxygens (including phenoxy) is 2. The van der Waals surface area contributed by atoms with Gasteiger partial charge in [0, 0.05) is 0 Å². The molecule has 1 amide bonds. The maximum Gasteiger partial charge on any atom is 0.413 e. The van der Waals surface area contributed by atoms with Gasteiger partial charge in [-0.3, -0.25) is 5.32 Å².